The van der Waals surface area contributed by atoms with E-state index < -0.39 is 18.0 Å². The minimum atomic E-state index is -1.03. The SMILES string of the molecule is CC(=O)C(C(=O)OC(C#N)c1ccccc1)c1ccccc1. The number of ether oxygens (including phenoxy) is 1. The van der Waals surface area contributed by atoms with E-state index in [9.17, 15) is 14.9 Å². The molecule has 0 amide bonds. The summed E-state index contributed by atoms with van der Waals surface area (Å²) in [6.45, 7) is 1.34. The van der Waals surface area contributed by atoms with E-state index in [0.717, 1.165) is 0 Å². The maximum absolute atomic E-state index is 12.3. The third kappa shape index (κ3) is 3.58. The van der Waals surface area contributed by atoms with Crippen LogP contribution >= 0.6 is 0 Å². The molecule has 2 atom stereocenters. The first-order valence-electron chi connectivity index (χ1n) is 6.84. The Hall–Kier alpha value is -2.93. The second-order valence-corrected chi connectivity index (χ2v) is 4.81. The van der Waals surface area contributed by atoms with Crippen LogP contribution in [0.5, 0.6) is 0 Å². The summed E-state index contributed by atoms with van der Waals surface area (Å²) in [6, 6.07) is 19.3. The smallest absolute Gasteiger partial charge is 0.322 e. The molecule has 0 spiro atoms. The Morgan fingerprint density at radius 2 is 1.45 bits per heavy atom. The summed E-state index contributed by atoms with van der Waals surface area (Å²) < 4.78 is 5.24. The predicted molar refractivity (Wildman–Crippen MR) is 80.8 cm³/mol. The van der Waals surface area contributed by atoms with Gasteiger partial charge in [-0.25, -0.2) is 0 Å². The maximum Gasteiger partial charge on any atom is 0.322 e. The molecule has 2 aromatic rings. The number of nitriles is 1. The molecule has 0 aliphatic rings. The molecule has 0 fully saturated rings. The summed E-state index contributed by atoms with van der Waals surface area (Å²) >= 11 is 0. The molecule has 22 heavy (non-hydrogen) atoms. The zero-order chi connectivity index (χ0) is 15.9. The highest BCUT2D eigenvalue weighted by Gasteiger charge is 2.29. The first kappa shape index (κ1) is 15.5. The minimum absolute atomic E-state index is 0.319. The monoisotopic (exact) mass is 293 g/mol. The van der Waals surface area contributed by atoms with Gasteiger partial charge in [-0.15, -0.1) is 0 Å². The summed E-state index contributed by atoms with van der Waals surface area (Å²) in [5.74, 6) is -2.05. The van der Waals surface area contributed by atoms with Gasteiger partial charge in [-0.2, -0.15) is 5.26 Å². The summed E-state index contributed by atoms with van der Waals surface area (Å²) in [5, 5.41) is 9.21. The van der Waals surface area contributed by atoms with Crippen molar-refractivity contribution in [2.24, 2.45) is 0 Å². The van der Waals surface area contributed by atoms with Crippen LogP contribution in [0.2, 0.25) is 0 Å². The zero-order valence-electron chi connectivity index (χ0n) is 12.1. The highest BCUT2D eigenvalue weighted by molar-refractivity contribution is 6.03. The van der Waals surface area contributed by atoms with Gasteiger partial charge < -0.3 is 4.74 Å². The van der Waals surface area contributed by atoms with E-state index >= 15 is 0 Å². The van der Waals surface area contributed by atoms with Crippen molar-refractivity contribution in [3.8, 4) is 6.07 Å². The topological polar surface area (TPSA) is 67.2 Å². The Morgan fingerprint density at radius 1 is 0.955 bits per heavy atom. The number of hydrogen-bond donors (Lipinski definition) is 0. The van der Waals surface area contributed by atoms with Crippen molar-refractivity contribution in [2.75, 3.05) is 0 Å². The summed E-state index contributed by atoms with van der Waals surface area (Å²) in [5.41, 5.74) is 1.14. The fourth-order valence-corrected chi connectivity index (χ4v) is 2.16. The van der Waals surface area contributed by atoms with Crippen LogP contribution in [0.3, 0.4) is 0 Å². The molecule has 0 heterocycles. The van der Waals surface area contributed by atoms with Crippen LogP contribution in [-0.2, 0) is 14.3 Å². The molecule has 2 unspecified atom stereocenters. The minimum Gasteiger partial charge on any atom is -0.441 e. The van der Waals surface area contributed by atoms with Gasteiger partial charge in [0, 0.05) is 5.56 Å². The number of carbonyl (C=O) groups is 2. The predicted octanol–water partition coefficient (Wildman–Crippen LogP) is 3.17. The van der Waals surface area contributed by atoms with Gasteiger partial charge in [0.1, 0.15) is 17.8 Å². The molecule has 0 aliphatic heterocycles. The van der Waals surface area contributed by atoms with Crippen LogP contribution in [0.15, 0.2) is 60.7 Å². The first-order chi connectivity index (χ1) is 10.6. The van der Waals surface area contributed by atoms with Gasteiger partial charge in [-0.1, -0.05) is 60.7 Å². The van der Waals surface area contributed by atoms with Crippen molar-refractivity contribution in [2.45, 2.75) is 18.9 Å². The molecule has 0 saturated carbocycles. The molecule has 2 aromatic carbocycles. The molecule has 0 bridgehead atoms. The second kappa shape index (κ2) is 7.19. The standard InChI is InChI=1S/C18H15NO3/c1-13(20)17(15-10-6-3-7-11-15)18(21)22-16(12-19)14-8-4-2-5-9-14/h2-11,16-17H,1H3. The van der Waals surface area contributed by atoms with Gasteiger partial charge in [0.05, 0.1) is 0 Å². The number of Topliss-reactive ketones (excluding diaryl/α,β-unsaturated/α-hetero) is 1. The van der Waals surface area contributed by atoms with E-state index in [-0.39, 0.29) is 5.78 Å². The molecular weight excluding hydrogens is 278 g/mol. The lowest BCUT2D eigenvalue weighted by Gasteiger charge is -2.16. The summed E-state index contributed by atoms with van der Waals surface area (Å²) in [4.78, 5) is 24.1. The van der Waals surface area contributed by atoms with Crippen molar-refractivity contribution < 1.29 is 14.3 Å². The molecule has 0 saturated heterocycles. The Kier molecular flexibility index (Phi) is 5.05. The van der Waals surface area contributed by atoms with Crippen LogP contribution in [0.1, 0.15) is 30.1 Å². The maximum atomic E-state index is 12.3. The number of nitrogens with zero attached hydrogens (tertiary/aromatic N) is 1. The fraction of sp³-hybridized carbons (Fsp3) is 0.167. The third-order valence-electron chi connectivity index (χ3n) is 3.23. The third-order valence-corrected chi connectivity index (χ3v) is 3.23. The molecule has 4 nitrogen and oxygen atoms in total. The molecule has 2 rings (SSSR count). The van der Waals surface area contributed by atoms with Gasteiger partial charge in [-0.05, 0) is 12.5 Å². The van der Waals surface area contributed by atoms with Gasteiger partial charge in [0.2, 0.25) is 6.10 Å². The van der Waals surface area contributed by atoms with Crippen molar-refractivity contribution >= 4 is 11.8 Å². The highest BCUT2D eigenvalue weighted by Crippen LogP contribution is 2.23. The highest BCUT2D eigenvalue weighted by atomic mass is 16.5. The van der Waals surface area contributed by atoms with Crippen molar-refractivity contribution in [3.05, 3.63) is 71.8 Å². The van der Waals surface area contributed by atoms with Crippen molar-refractivity contribution in [1.29, 1.82) is 5.26 Å². The van der Waals surface area contributed by atoms with E-state index in [1.165, 1.54) is 6.92 Å². The number of benzene rings is 2. The molecule has 0 N–H and O–H groups in total. The molecule has 0 aromatic heterocycles. The zero-order valence-corrected chi connectivity index (χ0v) is 12.1. The normalized spacial score (nSPS) is 12.7. The van der Waals surface area contributed by atoms with E-state index in [4.69, 9.17) is 4.74 Å². The molecule has 110 valence electrons. The van der Waals surface area contributed by atoms with Crippen LogP contribution in [-0.4, -0.2) is 11.8 Å². The van der Waals surface area contributed by atoms with Gasteiger partial charge in [-0.3, -0.25) is 9.59 Å². The van der Waals surface area contributed by atoms with Crippen molar-refractivity contribution in [1.82, 2.24) is 0 Å². The van der Waals surface area contributed by atoms with Crippen LogP contribution in [0, 0.1) is 11.3 Å². The fourth-order valence-electron chi connectivity index (χ4n) is 2.16. The summed E-state index contributed by atoms with van der Waals surface area (Å²) in [7, 11) is 0. The lowest BCUT2D eigenvalue weighted by Crippen LogP contribution is -2.23. The Morgan fingerprint density at radius 3 is 1.91 bits per heavy atom. The van der Waals surface area contributed by atoms with E-state index in [0.29, 0.717) is 11.1 Å². The van der Waals surface area contributed by atoms with Gasteiger partial charge >= 0.3 is 5.97 Å². The number of rotatable bonds is 5. The Labute approximate surface area is 129 Å². The van der Waals surface area contributed by atoms with Crippen LogP contribution < -0.4 is 0 Å². The molecule has 4 heteroatoms. The number of ketones is 1. The van der Waals surface area contributed by atoms with Gasteiger partial charge in [0.25, 0.3) is 0 Å². The lowest BCUT2D eigenvalue weighted by atomic mass is 9.95. The Balaban J connectivity index is 2.22. The lowest BCUT2D eigenvalue weighted by molar-refractivity contribution is -0.150. The number of carbonyl (C=O) groups excluding carboxylic acids is 2. The van der Waals surface area contributed by atoms with Crippen LogP contribution in [0.4, 0.5) is 0 Å². The average molecular weight is 293 g/mol. The first-order valence-corrected chi connectivity index (χ1v) is 6.84. The van der Waals surface area contributed by atoms with Gasteiger partial charge in [0.15, 0.2) is 0 Å². The number of esters is 1. The quantitative estimate of drug-likeness (QED) is 0.627. The van der Waals surface area contributed by atoms with Crippen molar-refractivity contribution in [3.63, 3.8) is 0 Å². The Bertz CT molecular complexity index is 689. The molecule has 0 radical (unpaired) electrons. The van der Waals surface area contributed by atoms with E-state index in [1.54, 1.807) is 54.6 Å². The number of hydrogen-bond acceptors (Lipinski definition) is 4. The summed E-state index contributed by atoms with van der Waals surface area (Å²) in [6.07, 6.45) is -1.03. The largest absolute Gasteiger partial charge is 0.441 e. The molecule has 0 aliphatic carbocycles. The average Bonchev–Trinajstić information content (AvgIpc) is 2.54. The molecular formula is C18H15NO3. The van der Waals surface area contributed by atoms with Crippen LogP contribution in [0.25, 0.3) is 0 Å². The van der Waals surface area contributed by atoms with E-state index in [2.05, 4.69) is 0 Å². The second-order valence-electron chi connectivity index (χ2n) is 4.81. The van der Waals surface area contributed by atoms with E-state index in [1.807, 2.05) is 12.1 Å².